The molecule has 0 radical (unpaired) electrons. The Bertz CT molecular complexity index is 217. The molecule has 0 amide bonds. The second kappa shape index (κ2) is 6.57. The van der Waals surface area contributed by atoms with Gasteiger partial charge in [-0.25, -0.2) is 0 Å². The molecule has 1 aliphatic rings. The molecule has 8 heteroatoms. The Morgan fingerprint density at radius 2 is 1.53 bits per heavy atom. The molecule has 1 saturated heterocycles. The van der Waals surface area contributed by atoms with Gasteiger partial charge in [-0.1, -0.05) is 0 Å². The summed E-state index contributed by atoms with van der Waals surface area (Å²) in [6.45, 7) is -1.55. The van der Waals surface area contributed by atoms with Crippen molar-refractivity contribution in [3.05, 3.63) is 0 Å². The van der Waals surface area contributed by atoms with Crippen LogP contribution in [0.4, 0.5) is 0 Å². The monoisotopic (exact) mass is 254 g/mol. The van der Waals surface area contributed by atoms with Crippen molar-refractivity contribution in [1.82, 2.24) is 0 Å². The average molecular weight is 254 g/mol. The van der Waals surface area contributed by atoms with Gasteiger partial charge >= 0.3 is 0 Å². The first-order chi connectivity index (χ1) is 8.04. The molecule has 2 unspecified atom stereocenters. The highest BCUT2D eigenvalue weighted by Crippen LogP contribution is 2.22. The molecule has 0 aromatic rings. The van der Waals surface area contributed by atoms with Crippen LogP contribution >= 0.6 is 0 Å². The molecule has 1 rings (SSSR count). The van der Waals surface area contributed by atoms with Gasteiger partial charge in [0.25, 0.3) is 0 Å². The van der Waals surface area contributed by atoms with Crippen molar-refractivity contribution in [2.24, 2.45) is 0 Å². The van der Waals surface area contributed by atoms with Crippen LogP contribution < -0.4 is 0 Å². The van der Waals surface area contributed by atoms with E-state index in [1.165, 1.54) is 0 Å². The molecule has 0 bridgehead atoms. The van der Waals surface area contributed by atoms with Crippen LogP contribution in [0.3, 0.4) is 0 Å². The van der Waals surface area contributed by atoms with Crippen LogP contribution in [-0.4, -0.2) is 87.3 Å². The molecule has 8 nitrogen and oxygen atoms in total. The summed E-state index contributed by atoms with van der Waals surface area (Å²) in [5, 5.41) is 55.0. The zero-order valence-electron chi connectivity index (χ0n) is 9.09. The lowest BCUT2D eigenvalue weighted by Crippen LogP contribution is -2.60. The Morgan fingerprint density at radius 1 is 0.941 bits per heavy atom. The number of ether oxygens (including phenoxy) is 2. The Balaban J connectivity index is 2.65. The third-order valence-corrected chi connectivity index (χ3v) is 2.58. The summed E-state index contributed by atoms with van der Waals surface area (Å²) in [7, 11) is 0. The lowest BCUT2D eigenvalue weighted by Gasteiger charge is -2.40. The minimum atomic E-state index is -1.54. The van der Waals surface area contributed by atoms with Crippen molar-refractivity contribution < 1.29 is 40.1 Å². The van der Waals surface area contributed by atoms with Gasteiger partial charge in [-0.05, 0) is 0 Å². The van der Waals surface area contributed by atoms with Gasteiger partial charge in [0.15, 0.2) is 6.29 Å². The summed E-state index contributed by atoms with van der Waals surface area (Å²) in [6.07, 6.45) is -7.92. The summed E-state index contributed by atoms with van der Waals surface area (Å²) >= 11 is 0. The topological polar surface area (TPSA) is 140 Å². The summed E-state index contributed by atoms with van der Waals surface area (Å²) in [5.41, 5.74) is 0. The highest BCUT2D eigenvalue weighted by atomic mass is 16.7. The highest BCUT2D eigenvalue weighted by molar-refractivity contribution is 4.89. The van der Waals surface area contributed by atoms with E-state index in [-0.39, 0.29) is 0 Å². The average Bonchev–Trinajstić information content (AvgIpc) is 2.35. The maximum Gasteiger partial charge on any atom is 0.187 e. The Kier molecular flexibility index (Phi) is 5.70. The minimum absolute atomic E-state index is 0.495. The van der Waals surface area contributed by atoms with Crippen LogP contribution in [0.5, 0.6) is 0 Å². The summed E-state index contributed by atoms with van der Waals surface area (Å²) in [5.74, 6) is 0. The molecule has 0 aromatic carbocycles. The molecule has 1 fully saturated rings. The first-order valence-electron chi connectivity index (χ1n) is 5.22. The first-order valence-corrected chi connectivity index (χ1v) is 5.22. The number of aliphatic hydroxyl groups excluding tert-OH is 6. The van der Waals surface area contributed by atoms with E-state index in [9.17, 15) is 15.3 Å². The molecule has 0 spiro atoms. The largest absolute Gasteiger partial charge is 0.394 e. The van der Waals surface area contributed by atoms with E-state index < -0.39 is 56.6 Å². The van der Waals surface area contributed by atoms with E-state index in [2.05, 4.69) is 0 Å². The summed E-state index contributed by atoms with van der Waals surface area (Å²) in [6, 6.07) is 0. The molecule has 1 aliphatic heterocycles. The second-order valence-electron chi connectivity index (χ2n) is 3.82. The third kappa shape index (κ3) is 3.33. The molecular formula is C9H18O8. The second-order valence-corrected chi connectivity index (χ2v) is 3.82. The van der Waals surface area contributed by atoms with E-state index >= 15 is 0 Å². The fourth-order valence-corrected chi connectivity index (χ4v) is 1.51. The summed E-state index contributed by atoms with van der Waals surface area (Å²) in [4.78, 5) is 0. The fraction of sp³-hybridized carbons (Fsp3) is 1.00. The van der Waals surface area contributed by atoms with Gasteiger partial charge in [0.05, 0.1) is 19.8 Å². The predicted molar refractivity (Wildman–Crippen MR) is 52.8 cm³/mol. The van der Waals surface area contributed by atoms with Gasteiger partial charge in [0, 0.05) is 0 Å². The molecule has 0 aliphatic carbocycles. The highest BCUT2D eigenvalue weighted by Gasteiger charge is 2.44. The third-order valence-electron chi connectivity index (χ3n) is 2.58. The van der Waals surface area contributed by atoms with Crippen LogP contribution in [0.25, 0.3) is 0 Å². The maximum absolute atomic E-state index is 9.56. The minimum Gasteiger partial charge on any atom is -0.394 e. The lowest BCUT2D eigenvalue weighted by atomic mass is 9.99. The van der Waals surface area contributed by atoms with Crippen molar-refractivity contribution in [3.63, 3.8) is 0 Å². The molecule has 6 N–H and O–H groups in total. The van der Waals surface area contributed by atoms with Gasteiger partial charge < -0.3 is 40.1 Å². The molecule has 0 saturated carbocycles. The Morgan fingerprint density at radius 3 is 2.00 bits per heavy atom. The van der Waals surface area contributed by atoms with Gasteiger partial charge in [-0.3, -0.25) is 0 Å². The van der Waals surface area contributed by atoms with Crippen LogP contribution in [0.2, 0.25) is 0 Å². The van der Waals surface area contributed by atoms with Crippen molar-refractivity contribution in [3.8, 4) is 0 Å². The molecule has 0 aromatic heterocycles. The van der Waals surface area contributed by atoms with E-state index in [4.69, 9.17) is 24.8 Å². The van der Waals surface area contributed by atoms with E-state index in [1.807, 2.05) is 0 Å². The van der Waals surface area contributed by atoms with Crippen LogP contribution in [0, 0.1) is 0 Å². The summed E-state index contributed by atoms with van der Waals surface area (Å²) < 4.78 is 10.0. The molecular weight excluding hydrogens is 236 g/mol. The van der Waals surface area contributed by atoms with Crippen molar-refractivity contribution in [2.45, 2.75) is 36.8 Å². The van der Waals surface area contributed by atoms with Gasteiger partial charge in [-0.15, -0.1) is 0 Å². The van der Waals surface area contributed by atoms with Gasteiger partial charge in [0.1, 0.15) is 30.5 Å². The predicted octanol–water partition coefficient (Wildman–Crippen LogP) is -3.84. The lowest BCUT2D eigenvalue weighted by molar-refractivity contribution is -0.315. The first kappa shape index (κ1) is 14.7. The smallest absolute Gasteiger partial charge is 0.187 e. The SMILES string of the molecule is OCC(CO)O[C@H]1OC(CO)[C@H](O)[C@H](O)C1O. The maximum atomic E-state index is 9.56. The molecule has 1 heterocycles. The van der Waals surface area contributed by atoms with Gasteiger partial charge in [-0.2, -0.15) is 0 Å². The van der Waals surface area contributed by atoms with Crippen molar-refractivity contribution in [1.29, 1.82) is 0 Å². The van der Waals surface area contributed by atoms with E-state index in [1.54, 1.807) is 0 Å². The number of hydrogen-bond acceptors (Lipinski definition) is 8. The standard InChI is InChI=1S/C9H18O8/c10-1-4(2-11)16-9-8(15)7(14)6(13)5(3-12)17-9/h4-15H,1-3H2/t5?,6-,7-,8?,9-/m0/s1. The number of aliphatic hydroxyl groups is 6. The Hall–Kier alpha value is -0.320. The Labute approximate surface area is 97.6 Å². The van der Waals surface area contributed by atoms with E-state index in [0.29, 0.717) is 0 Å². The zero-order valence-corrected chi connectivity index (χ0v) is 9.09. The molecule has 17 heavy (non-hydrogen) atoms. The quantitative estimate of drug-likeness (QED) is 0.293. The molecule has 102 valence electrons. The zero-order chi connectivity index (χ0) is 13.0. The van der Waals surface area contributed by atoms with Crippen LogP contribution in [-0.2, 0) is 9.47 Å². The van der Waals surface area contributed by atoms with Crippen LogP contribution in [0.15, 0.2) is 0 Å². The normalized spacial score (nSPS) is 38.6. The van der Waals surface area contributed by atoms with Gasteiger partial charge in [0.2, 0.25) is 0 Å². The number of rotatable bonds is 5. The number of hydrogen-bond donors (Lipinski definition) is 6. The van der Waals surface area contributed by atoms with Crippen molar-refractivity contribution >= 4 is 0 Å². The molecule has 5 atom stereocenters. The van der Waals surface area contributed by atoms with Crippen molar-refractivity contribution in [2.75, 3.05) is 19.8 Å². The van der Waals surface area contributed by atoms with E-state index in [0.717, 1.165) is 0 Å². The fourth-order valence-electron chi connectivity index (χ4n) is 1.51. The van der Waals surface area contributed by atoms with Crippen LogP contribution in [0.1, 0.15) is 0 Å².